The molecule has 0 aliphatic rings. The van der Waals surface area contributed by atoms with Crippen molar-refractivity contribution in [2.24, 2.45) is 0 Å². The van der Waals surface area contributed by atoms with Gasteiger partial charge in [0.25, 0.3) is 0 Å². The average molecular weight is 682 g/mol. The van der Waals surface area contributed by atoms with Crippen LogP contribution in [0.1, 0.15) is 15.9 Å². The van der Waals surface area contributed by atoms with Gasteiger partial charge in [0.15, 0.2) is 5.78 Å². The van der Waals surface area contributed by atoms with E-state index < -0.39 is 0 Å². The Kier molecular flexibility index (Phi) is 7.51. The Morgan fingerprint density at radius 1 is 0.469 bits per heavy atom. The van der Waals surface area contributed by atoms with Gasteiger partial charge in [0.05, 0.1) is 0 Å². The average Bonchev–Trinajstić information content (AvgIpc) is 2.73. The number of ketones is 1. The first-order chi connectivity index (χ1) is 15.4. The van der Waals surface area contributed by atoms with E-state index in [9.17, 15) is 4.79 Å². The standard InChI is InChI=1S/C25H14Br4O3/c26-17-9-18(27)12-23(11-17)31-21-5-1-15(2-6-21)25(30)16-3-7-22(8-4-16)32-24-13-19(28)10-20(29)14-24/h1-14H. The third-order valence-electron chi connectivity index (χ3n) is 4.38. The molecule has 4 rings (SSSR count). The number of carbonyl (C=O) groups is 1. The van der Waals surface area contributed by atoms with Crippen molar-refractivity contribution in [3.8, 4) is 23.0 Å². The molecule has 0 bridgehead atoms. The first-order valence-corrected chi connectivity index (χ1v) is 12.6. The van der Waals surface area contributed by atoms with Crippen LogP contribution in [-0.4, -0.2) is 5.78 Å². The molecule has 0 unspecified atom stereocenters. The fourth-order valence-corrected chi connectivity index (χ4v) is 5.47. The summed E-state index contributed by atoms with van der Waals surface area (Å²) in [7, 11) is 0. The molecule has 32 heavy (non-hydrogen) atoms. The van der Waals surface area contributed by atoms with Crippen LogP contribution in [-0.2, 0) is 0 Å². The van der Waals surface area contributed by atoms with Gasteiger partial charge in [-0.1, -0.05) is 63.7 Å². The molecule has 0 amide bonds. The van der Waals surface area contributed by atoms with E-state index in [4.69, 9.17) is 9.47 Å². The summed E-state index contributed by atoms with van der Waals surface area (Å²) in [5, 5.41) is 0. The number of hydrogen-bond donors (Lipinski definition) is 0. The second kappa shape index (κ2) is 10.3. The van der Waals surface area contributed by atoms with Gasteiger partial charge in [0.1, 0.15) is 23.0 Å². The van der Waals surface area contributed by atoms with Crippen molar-refractivity contribution >= 4 is 69.5 Å². The summed E-state index contributed by atoms with van der Waals surface area (Å²) < 4.78 is 15.4. The van der Waals surface area contributed by atoms with Gasteiger partial charge in [-0.15, -0.1) is 0 Å². The maximum Gasteiger partial charge on any atom is 0.193 e. The fraction of sp³-hybridized carbons (Fsp3) is 0. The SMILES string of the molecule is O=C(c1ccc(Oc2cc(Br)cc(Br)c2)cc1)c1ccc(Oc2cc(Br)cc(Br)c2)cc1. The van der Waals surface area contributed by atoms with E-state index in [1.165, 1.54) is 0 Å². The summed E-state index contributed by atoms with van der Waals surface area (Å²) in [5.41, 5.74) is 1.16. The molecular weight excluding hydrogens is 668 g/mol. The smallest absolute Gasteiger partial charge is 0.193 e. The van der Waals surface area contributed by atoms with Gasteiger partial charge in [0, 0.05) is 29.0 Å². The predicted octanol–water partition coefficient (Wildman–Crippen LogP) is 9.55. The third-order valence-corrected chi connectivity index (χ3v) is 6.21. The summed E-state index contributed by atoms with van der Waals surface area (Å²) in [6, 6.07) is 25.5. The fourth-order valence-electron chi connectivity index (χ4n) is 2.96. The van der Waals surface area contributed by atoms with E-state index >= 15 is 0 Å². The molecule has 0 radical (unpaired) electrons. The van der Waals surface area contributed by atoms with Gasteiger partial charge >= 0.3 is 0 Å². The minimum absolute atomic E-state index is 0.0708. The van der Waals surface area contributed by atoms with Gasteiger partial charge in [-0.25, -0.2) is 0 Å². The summed E-state index contributed by atoms with van der Waals surface area (Å²) in [6.45, 7) is 0. The van der Waals surface area contributed by atoms with Crippen LogP contribution in [0.3, 0.4) is 0 Å². The predicted molar refractivity (Wildman–Crippen MR) is 140 cm³/mol. The Morgan fingerprint density at radius 3 is 1.09 bits per heavy atom. The van der Waals surface area contributed by atoms with Gasteiger partial charge < -0.3 is 9.47 Å². The Hall–Kier alpha value is -1.93. The number of carbonyl (C=O) groups excluding carboxylic acids is 1. The van der Waals surface area contributed by atoms with Crippen LogP contribution in [0.5, 0.6) is 23.0 Å². The van der Waals surface area contributed by atoms with Gasteiger partial charge in [-0.05, 0) is 84.9 Å². The number of halogens is 4. The van der Waals surface area contributed by atoms with Gasteiger partial charge in [-0.2, -0.15) is 0 Å². The zero-order valence-electron chi connectivity index (χ0n) is 16.3. The molecule has 4 aromatic carbocycles. The summed E-state index contributed by atoms with van der Waals surface area (Å²) in [5.74, 6) is 2.61. The van der Waals surface area contributed by atoms with Crippen LogP contribution >= 0.6 is 63.7 Å². The van der Waals surface area contributed by atoms with E-state index in [1.54, 1.807) is 48.5 Å². The van der Waals surface area contributed by atoms with Crippen LogP contribution in [0.2, 0.25) is 0 Å². The Morgan fingerprint density at radius 2 is 0.781 bits per heavy atom. The molecule has 0 fully saturated rings. The Labute approximate surface area is 219 Å². The maximum atomic E-state index is 12.9. The van der Waals surface area contributed by atoms with Crippen LogP contribution in [0.25, 0.3) is 0 Å². The lowest BCUT2D eigenvalue weighted by molar-refractivity contribution is 0.103. The molecule has 3 nitrogen and oxygen atoms in total. The minimum atomic E-state index is -0.0708. The largest absolute Gasteiger partial charge is 0.457 e. The van der Waals surface area contributed by atoms with Crippen molar-refractivity contribution in [3.63, 3.8) is 0 Å². The summed E-state index contributed by atoms with van der Waals surface area (Å²) in [4.78, 5) is 12.9. The molecule has 0 atom stereocenters. The molecule has 4 aromatic rings. The van der Waals surface area contributed by atoms with E-state index in [0.29, 0.717) is 34.1 Å². The van der Waals surface area contributed by atoms with Crippen molar-refractivity contribution in [2.75, 3.05) is 0 Å². The van der Waals surface area contributed by atoms with Crippen molar-refractivity contribution < 1.29 is 14.3 Å². The summed E-state index contributed by atoms with van der Waals surface area (Å²) in [6.07, 6.45) is 0. The minimum Gasteiger partial charge on any atom is -0.457 e. The zero-order valence-corrected chi connectivity index (χ0v) is 22.7. The molecule has 0 saturated heterocycles. The highest BCUT2D eigenvalue weighted by atomic mass is 79.9. The molecule has 0 aliphatic heterocycles. The lowest BCUT2D eigenvalue weighted by Gasteiger charge is -2.09. The van der Waals surface area contributed by atoms with Gasteiger partial charge in [0.2, 0.25) is 0 Å². The van der Waals surface area contributed by atoms with Crippen molar-refractivity contribution in [3.05, 3.63) is 114 Å². The second-order valence-corrected chi connectivity index (χ2v) is 10.5. The number of hydrogen-bond acceptors (Lipinski definition) is 3. The number of ether oxygens (including phenoxy) is 2. The quantitative estimate of drug-likeness (QED) is 0.190. The van der Waals surface area contributed by atoms with Crippen LogP contribution in [0, 0.1) is 0 Å². The Balaban J connectivity index is 1.44. The number of benzene rings is 4. The van der Waals surface area contributed by atoms with E-state index in [1.807, 2.05) is 36.4 Å². The van der Waals surface area contributed by atoms with Gasteiger partial charge in [-0.3, -0.25) is 4.79 Å². The summed E-state index contributed by atoms with van der Waals surface area (Å²) >= 11 is 13.8. The molecule has 160 valence electrons. The lowest BCUT2D eigenvalue weighted by Crippen LogP contribution is -2.01. The molecule has 0 heterocycles. The normalized spacial score (nSPS) is 10.6. The maximum absolute atomic E-state index is 12.9. The second-order valence-electron chi connectivity index (χ2n) is 6.79. The molecule has 0 saturated carbocycles. The Bertz CT molecular complexity index is 1130. The van der Waals surface area contributed by atoms with Crippen molar-refractivity contribution in [1.82, 2.24) is 0 Å². The highest BCUT2D eigenvalue weighted by molar-refractivity contribution is 9.11. The molecule has 0 aromatic heterocycles. The lowest BCUT2D eigenvalue weighted by atomic mass is 10.0. The van der Waals surface area contributed by atoms with E-state index in [2.05, 4.69) is 63.7 Å². The first-order valence-electron chi connectivity index (χ1n) is 9.38. The van der Waals surface area contributed by atoms with Crippen molar-refractivity contribution in [1.29, 1.82) is 0 Å². The first kappa shape index (κ1) is 23.2. The van der Waals surface area contributed by atoms with E-state index in [0.717, 1.165) is 17.9 Å². The third kappa shape index (κ3) is 6.10. The molecular formula is C25H14Br4O3. The highest BCUT2D eigenvalue weighted by Crippen LogP contribution is 2.30. The molecule has 0 aliphatic carbocycles. The molecule has 7 heteroatoms. The monoisotopic (exact) mass is 678 g/mol. The molecule has 0 N–H and O–H groups in total. The van der Waals surface area contributed by atoms with E-state index in [-0.39, 0.29) is 5.78 Å². The van der Waals surface area contributed by atoms with Crippen LogP contribution in [0.4, 0.5) is 0 Å². The molecule has 0 spiro atoms. The topological polar surface area (TPSA) is 35.5 Å². The van der Waals surface area contributed by atoms with Crippen molar-refractivity contribution in [2.45, 2.75) is 0 Å². The zero-order chi connectivity index (χ0) is 22.7. The van der Waals surface area contributed by atoms with Crippen LogP contribution in [0.15, 0.2) is 103 Å². The van der Waals surface area contributed by atoms with Crippen LogP contribution < -0.4 is 9.47 Å². The number of rotatable bonds is 6. The highest BCUT2D eigenvalue weighted by Gasteiger charge is 2.10.